The van der Waals surface area contributed by atoms with E-state index in [0.717, 1.165) is 36.6 Å². The van der Waals surface area contributed by atoms with Gasteiger partial charge >= 0.3 is 0 Å². The summed E-state index contributed by atoms with van der Waals surface area (Å²) in [5.41, 5.74) is 2.15. The monoisotopic (exact) mass is 313 g/mol. The number of imidazole rings is 1. The molecule has 5 heteroatoms. The van der Waals surface area contributed by atoms with Gasteiger partial charge in [0.25, 0.3) is 0 Å². The topological polar surface area (TPSA) is 47.4 Å². The Balaban J connectivity index is 1.65. The van der Waals surface area contributed by atoms with Crippen LogP contribution < -0.4 is 0 Å². The molecule has 23 heavy (non-hydrogen) atoms. The van der Waals surface area contributed by atoms with Gasteiger partial charge in [0.2, 0.25) is 5.91 Å². The highest BCUT2D eigenvalue weighted by molar-refractivity contribution is 5.81. The summed E-state index contributed by atoms with van der Waals surface area (Å²) in [4.78, 5) is 19.2. The van der Waals surface area contributed by atoms with E-state index in [2.05, 4.69) is 15.5 Å². The van der Waals surface area contributed by atoms with E-state index in [9.17, 15) is 4.79 Å². The van der Waals surface area contributed by atoms with Crippen LogP contribution in [0.1, 0.15) is 37.9 Å². The van der Waals surface area contributed by atoms with Gasteiger partial charge in [-0.25, -0.2) is 4.98 Å². The lowest BCUT2D eigenvalue weighted by molar-refractivity contribution is -0.128. The van der Waals surface area contributed by atoms with Crippen LogP contribution in [0, 0.1) is 0 Å². The van der Waals surface area contributed by atoms with E-state index in [1.807, 2.05) is 25.1 Å². The van der Waals surface area contributed by atoms with Gasteiger partial charge in [-0.2, -0.15) is 0 Å². The van der Waals surface area contributed by atoms with Crippen LogP contribution in [0.15, 0.2) is 24.3 Å². The van der Waals surface area contributed by atoms with Crippen molar-refractivity contribution in [2.24, 2.45) is 0 Å². The van der Waals surface area contributed by atoms with Crippen LogP contribution in [0.5, 0.6) is 0 Å². The predicted molar refractivity (Wildman–Crippen MR) is 88.3 cm³/mol. The van der Waals surface area contributed by atoms with Crippen molar-refractivity contribution in [1.82, 2.24) is 14.5 Å². The second-order valence-electron chi connectivity index (χ2n) is 6.49. The normalized spacial score (nSPS) is 21.5. The van der Waals surface area contributed by atoms with Crippen molar-refractivity contribution in [3.63, 3.8) is 0 Å². The SMILES string of the molecule is CCOCCn1c(C2CC(=O)N(C3CC3)C2)nc2ccccc21. The lowest BCUT2D eigenvalue weighted by atomic mass is 10.1. The van der Waals surface area contributed by atoms with Crippen molar-refractivity contribution >= 4 is 16.9 Å². The zero-order valence-electron chi connectivity index (χ0n) is 13.6. The minimum absolute atomic E-state index is 0.206. The van der Waals surface area contributed by atoms with Crippen molar-refractivity contribution in [3.8, 4) is 0 Å². The number of amides is 1. The molecule has 1 atom stereocenters. The Morgan fingerprint density at radius 1 is 1.30 bits per heavy atom. The van der Waals surface area contributed by atoms with Crippen LogP contribution in [-0.2, 0) is 16.1 Å². The van der Waals surface area contributed by atoms with Gasteiger partial charge in [0.05, 0.1) is 17.6 Å². The first-order valence-electron chi connectivity index (χ1n) is 8.60. The predicted octanol–water partition coefficient (Wildman–Crippen LogP) is 2.55. The molecule has 1 saturated carbocycles. The minimum Gasteiger partial charge on any atom is -0.380 e. The number of hydrogen-bond acceptors (Lipinski definition) is 3. The highest BCUT2D eigenvalue weighted by atomic mass is 16.5. The second-order valence-corrected chi connectivity index (χ2v) is 6.49. The van der Waals surface area contributed by atoms with Crippen molar-refractivity contribution in [2.45, 2.75) is 44.7 Å². The van der Waals surface area contributed by atoms with E-state index < -0.39 is 0 Å². The third kappa shape index (κ3) is 2.74. The Hall–Kier alpha value is -1.88. The first-order chi connectivity index (χ1) is 11.3. The number of nitrogens with zero attached hydrogens (tertiary/aromatic N) is 3. The van der Waals surface area contributed by atoms with Gasteiger partial charge in [0, 0.05) is 38.1 Å². The fraction of sp³-hybridized carbons (Fsp3) is 0.556. The van der Waals surface area contributed by atoms with Gasteiger partial charge in [-0.15, -0.1) is 0 Å². The van der Waals surface area contributed by atoms with E-state index in [1.165, 1.54) is 12.8 Å². The number of fused-ring (bicyclic) bond motifs is 1. The minimum atomic E-state index is 0.206. The number of carbonyl (C=O) groups is 1. The zero-order valence-corrected chi connectivity index (χ0v) is 13.6. The van der Waals surface area contributed by atoms with Gasteiger partial charge in [0.15, 0.2) is 0 Å². The van der Waals surface area contributed by atoms with Gasteiger partial charge in [-0.3, -0.25) is 4.79 Å². The first-order valence-corrected chi connectivity index (χ1v) is 8.60. The maximum Gasteiger partial charge on any atom is 0.223 e. The summed E-state index contributed by atoms with van der Waals surface area (Å²) in [6.45, 7) is 5.02. The molecule has 2 aliphatic rings. The molecule has 4 rings (SSSR count). The number of benzene rings is 1. The lowest BCUT2D eigenvalue weighted by Gasteiger charge is -2.16. The summed E-state index contributed by atoms with van der Waals surface area (Å²) in [5.74, 6) is 1.54. The summed E-state index contributed by atoms with van der Waals surface area (Å²) >= 11 is 0. The lowest BCUT2D eigenvalue weighted by Crippen LogP contribution is -2.27. The van der Waals surface area contributed by atoms with Gasteiger partial charge < -0.3 is 14.2 Å². The number of ether oxygens (including phenoxy) is 1. The molecule has 0 spiro atoms. The van der Waals surface area contributed by atoms with Gasteiger partial charge in [0.1, 0.15) is 5.82 Å². The molecule has 1 saturated heterocycles. The van der Waals surface area contributed by atoms with Gasteiger partial charge in [-0.05, 0) is 31.9 Å². The molecule has 2 heterocycles. The molecule has 2 fully saturated rings. The summed E-state index contributed by atoms with van der Waals surface area (Å²) < 4.78 is 7.79. The molecule has 1 aromatic heterocycles. The largest absolute Gasteiger partial charge is 0.380 e. The van der Waals surface area contributed by atoms with Crippen molar-refractivity contribution < 1.29 is 9.53 Å². The maximum atomic E-state index is 12.3. The molecule has 0 bridgehead atoms. The van der Waals surface area contributed by atoms with E-state index in [4.69, 9.17) is 9.72 Å². The van der Waals surface area contributed by atoms with Crippen molar-refractivity contribution in [3.05, 3.63) is 30.1 Å². The van der Waals surface area contributed by atoms with Crippen molar-refractivity contribution in [1.29, 1.82) is 0 Å². The average molecular weight is 313 g/mol. The summed E-state index contributed by atoms with van der Waals surface area (Å²) in [5, 5.41) is 0. The second kappa shape index (κ2) is 5.96. The number of carbonyl (C=O) groups excluding carboxylic acids is 1. The van der Waals surface area contributed by atoms with E-state index in [1.54, 1.807) is 0 Å². The third-order valence-corrected chi connectivity index (χ3v) is 4.86. The fourth-order valence-electron chi connectivity index (χ4n) is 3.58. The Morgan fingerprint density at radius 2 is 2.13 bits per heavy atom. The standard InChI is InChI=1S/C18H23N3O2/c1-2-23-10-9-20-16-6-4-3-5-15(16)19-18(20)13-11-17(22)21(12-13)14-7-8-14/h3-6,13-14H,2,7-12H2,1H3. The highest BCUT2D eigenvalue weighted by Crippen LogP contribution is 2.37. The van der Waals surface area contributed by atoms with Crippen molar-refractivity contribution in [2.75, 3.05) is 19.8 Å². The molecule has 1 unspecified atom stereocenters. The average Bonchev–Trinajstić information content (AvgIpc) is 3.23. The smallest absolute Gasteiger partial charge is 0.223 e. The number of likely N-dealkylation sites (tertiary alicyclic amines) is 1. The molecule has 1 aliphatic heterocycles. The fourth-order valence-corrected chi connectivity index (χ4v) is 3.58. The summed E-state index contributed by atoms with van der Waals surface area (Å²) in [6, 6.07) is 8.70. The molecule has 0 N–H and O–H groups in total. The molecule has 0 radical (unpaired) electrons. The molecular formula is C18H23N3O2. The summed E-state index contributed by atoms with van der Waals surface area (Å²) in [6.07, 6.45) is 2.92. The van der Waals surface area contributed by atoms with E-state index in [0.29, 0.717) is 25.0 Å². The van der Waals surface area contributed by atoms with E-state index >= 15 is 0 Å². The first kappa shape index (κ1) is 14.7. The number of para-hydroxylation sites is 2. The Labute approximate surface area is 136 Å². The molecule has 1 amide bonds. The van der Waals surface area contributed by atoms with Crippen LogP contribution in [-0.4, -0.2) is 46.2 Å². The van der Waals surface area contributed by atoms with Crippen LogP contribution in [0.3, 0.4) is 0 Å². The number of hydrogen-bond donors (Lipinski definition) is 0. The molecule has 2 aromatic rings. The van der Waals surface area contributed by atoms with Gasteiger partial charge in [-0.1, -0.05) is 12.1 Å². The molecule has 5 nitrogen and oxygen atoms in total. The van der Waals surface area contributed by atoms with Crippen LogP contribution in [0.2, 0.25) is 0 Å². The Morgan fingerprint density at radius 3 is 2.91 bits per heavy atom. The molecule has 122 valence electrons. The maximum absolute atomic E-state index is 12.3. The molecule has 1 aromatic carbocycles. The molecule has 1 aliphatic carbocycles. The molecular weight excluding hydrogens is 290 g/mol. The summed E-state index contributed by atoms with van der Waals surface area (Å²) in [7, 11) is 0. The van der Waals surface area contributed by atoms with Crippen LogP contribution in [0.25, 0.3) is 11.0 Å². The highest BCUT2D eigenvalue weighted by Gasteiger charge is 2.41. The Bertz CT molecular complexity index is 720. The quantitative estimate of drug-likeness (QED) is 0.770. The number of aromatic nitrogens is 2. The van der Waals surface area contributed by atoms with Crippen LogP contribution in [0.4, 0.5) is 0 Å². The zero-order chi connectivity index (χ0) is 15.8. The van der Waals surface area contributed by atoms with E-state index in [-0.39, 0.29) is 5.92 Å². The Kier molecular flexibility index (Phi) is 3.81. The van der Waals surface area contributed by atoms with Crippen LogP contribution >= 0.6 is 0 Å². The number of rotatable bonds is 6. The third-order valence-electron chi connectivity index (χ3n) is 4.86.